The first-order valence-corrected chi connectivity index (χ1v) is 11.1. The highest BCUT2D eigenvalue weighted by molar-refractivity contribution is 7.80. The maximum absolute atomic E-state index is 14.2. The van der Waals surface area contributed by atoms with E-state index in [4.69, 9.17) is 14.2 Å². The van der Waals surface area contributed by atoms with E-state index in [2.05, 4.69) is 27.9 Å². The van der Waals surface area contributed by atoms with Crippen LogP contribution in [0.4, 0.5) is 20.7 Å². The summed E-state index contributed by atoms with van der Waals surface area (Å²) in [5.41, 5.74) is 0.962. The van der Waals surface area contributed by atoms with Crippen LogP contribution in [0.15, 0.2) is 29.4 Å². The third kappa shape index (κ3) is 4.91. The number of ether oxygens (including phenoxy) is 3. The van der Waals surface area contributed by atoms with E-state index < -0.39 is 5.82 Å². The Morgan fingerprint density at radius 2 is 2.00 bits per heavy atom. The molecule has 3 heterocycles. The lowest BCUT2D eigenvalue weighted by molar-refractivity contribution is -0.0934. The Balaban J connectivity index is 1.47. The number of nitrogens with zero attached hydrogens (tertiary/aromatic N) is 3. The predicted octanol–water partition coefficient (Wildman–Crippen LogP) is 4.11. The number of fused-ring (bicyclic) bond motifs is 2. The summed E-state index contributed by atoms with van der Waals surface area (Å²) >= 11 is 4.15. The molecule has 2 bridgehead atoms. The summed E-state index contributed by atoms with van der Waals surface area (Å²) in [6.45, 7) is 6.38. The quantitative estimate of drug-likeness (QED) is 0.647. The van der Waals surface area contributed by atoms with E-state index in [0.717, 1.165) is 0 Å². The van der Waals surface area contributed by atoms with Gasteiger partial charge in [-0.15, -0.1) is 12.6 Å². The molecule has 1 aromatic heterocycles. The largest absolute Gasteiger partial charge is 0.474 e. The number of nitrogens with one attached hydrogen (secondary N) is 1. The fourth-order valence-electron chi connectivity index (χ4n) is 4.09. The van der Waals surface area contributed by atoms with Gasteiger partial charge in [-0.3, -0.25) is 4.90 Å². The molecule has 0 spiro atoms. The van der Waals surface area contributed by atoms with Crippen molar-refractivity contribution in [3.05, 3.63) is 35.9 Å². The number of hydrogen-bond acceptors (Lipinski definition) is 8. The first-order valence-electron chi connectivity index (χ1n) is 10.6. The zero-order valence-electron chi connectivity index (χ0n) is 18.2. The van der Waals surface area contributed by atoms with Crippen molar-refractivity contribution in [2.45, 2.75) is 62.8 Å². The third-order valence-corrected chi connectivity index (χ3v) is 5.82. The number of rotatable bonds is 5. The minimum Gasteiger partial charge on any atom is -0.474 e. The number of halogens is 1. The van der Waals surface area contributed by atoms with Crippen LogP contribution in [0.25, 0.3) is 0 Å². The third-order valence-electron chi connectivity index (χ3n) is 5.55. The number of carbonyl (C=O) groups is 1. The lowest BCUT2D eigenvalue weighted by Crippen LogP contribution is -2.61. The van der Waals surface area contributed by atoms with Gasteiger partial charge in [0.25, 0.3) is 0 Å². The van der Waals surface area contributed by atoms with Crippen LogP contribution in [0.1, 0.15) is 32.3 Å². The van der Waals surface area contributed by atoms with Gasteiger partial charge in [-0.2, -0.15) is 0 Å². The maximum Gasteiger partial charge on any atom is 0.410 e. The minimum atomic E-state index is -0.425. The van der Waals surface area contributed by atoms with E-state index in [9.17, 15) is 9.18 Å². The Morgan fingerprint density at radius 3 is 2.66 bits per heavy atom. The van der Waals surface area contributed by atoms with Gasteiger partial charge in [0.15, 0.2) is 0 Å². The fourth-order valence-corrected chi connectivity index (χ4v) is 4.28. The average molecular weight is 463 g/mol. The molecule has 8 nitrogen and oxygen atoms in total. The van der Waals surface area contributed by atoms with Crippen molar-refractivity contribution in [1.82, 2.24) is 14.9 Å². The van der Waals surface area contributed by atoms with Gasteiger partial charge in [-0.1, -0.05) is 0 Å². The van der Waals surface area contributed by atoms with Gasteiger partial charge in [0.2, 0.25) is 5.88 Å². The molecule has 172 valence electrons. The summed E-state index contributed by atoms with van der Waals surface area (Å²) in [5, 5.41) is 3.00. The summed E-state index contributed by atoms with van der Waals surface area (Å²) in [7, 11) is 0. The topological polar surface area (TPSA) is 85.8 Å². The normalized spacial score (nSPS) is 22.6. The molecule has 0 saturated carbocycles. The van der Waals surface area contributed by atoms with Gasteiger partial charge in [0.05, 0.1) is 42.7 Å². The number of carbonyl (C=O) groups excluding carboxylic acids is 1. The van der Waals surface area contributed by atoms with E-state index in [1.54, 1.807) is 17.0 Å². The summed E-state index contributed by atoms with van der Waals surface area (Å²) < 4.78 is 31.5. The van der Waals surface area contributed by atoms with Crippen molar-refractivity contribution in [2.24, 2.45) is 0 Å². The van der Waals surface area contributed by atoms with Crippen LogP contribution in [0.3, 0.4) is 0 Å². The fraction of sp³-hybridized carbons (Fsp3) is 0.500. The predicted molar refractivity (Wildman–Crippen MR) is 119 cm³/mol. The summed E-state index contributed by atoms with van der Waals surface area (Å²) in [6.07, 6.45) is 1.96. The van der Waals surface area contributed by atoms with Crippen LogP contribution in [-0.2, 0) is 9.47 Å². The SMILES string of the molecule is Cc1c(Nc2ccc(S)cc2F)ncnc1OC1CC2COCC(C1)N2C(=O)OC(C)C. The molecule has 32 heavy (non-hydrogen) atoms. The molecule has 2 aliphatic heterocycles. The van der Waals surface area contributed by atoms with E-state index in [1.807, 2.05) is 20.8 Å². The number of morpholine rings is 1. The van der Waals surface area contributed by atoms with Gasteiger partial charge in [-0.25, -0.2) is 19.2 Å². The van der Waals surface area contributed by atoms with Crippen LogP contribution in [0, 0.1) is 12.7 Å². The van der Waals surface area contributed by atoms with E-state index in [-0.39, 0.29) is 30.4 Å². The molecule has 1 aromatic carbocycles. The zero-order chi connectivity index (χ0) is 22.8. The molecule has 4 rings (SSSR count). The monoisotopic (exact) mass is 462 g/mol. The van der Waals surface area contributed by atoms with Gasteiger partial charge >= 0.3 is 6.09 Å². The van der Waals surface area contributed by atoms with Gasteiger partial charge in [0.1, 0.15) is 24.1 Å². The van der Waals surface area contributed by atoms with Crippen molar-refractivity contribution in [2.75, 3.05) is 18.5 Å². The molecule has 2 saturated heterocycles. The highest BCUT2D eigenvalue weighted by Crippen LogP contribution is 2.33. The highest BCUT2D eigenvalue weighted by atomic mass is 32.1. The smallest absolute Gasteiger partial charge is 0.410 e. The first-order chi connectivity index (χ1) is 15.3. The Morgan fingerprint density at radius 1 is 1.28 bits per heavy atom. The minimum absolute atomic E-state index is 0.118. The van der Waals surface area contributed by atoms with Crippen LogP contribution in [-0.4, -0.2) is 58.5 Å². The van der Waals surface area contributed by atoms with Crippen molar-refractivity contribution < 1.29 is 23.4 Å². The average Bonchev–Trinajstić information content (AvgIpc) is 2.71. The number of anilines is 2. The van der Waals surface area contributed by atoms with Crippen molar-refractivity contribution in [1.29, 1.82) is 0 Å². The molecule has 0 aliphatic carbocycles. The highest BCUT2D eigenvalue weighted by Gasteiger charge is 2.43. The first kappa shape index (κ1) is 22.6. The van der Waals surface area contributed by atoms with E-state index in [1.165, 1.54) is 12.4 Å². The number of piperidine rings is 1. The van der Waals surface area contributed by atoms with Crippen molar-refractivity contribution in [3.8, 4) is 5.88 Å². The number of amides is 1. The van der Waals surface area contributed by atoms with E-state index >= 15 is 0 Å². The number of aromatic nitrogens is 2. The molecule has 1 amide bonds. The van der Waals surface area contributed by atoms with Gasteiger partial charge < -0.3 is 19.5 Å². The standard InChI is InChI=1S/C22H27FN4O4S/c1-12(2)30-22(28)27-14-6-16(7-15(27)10-29-9-14)31-21-13(3)20(24-11-25-21)26-19-5-4-17(32)8-18(19)23/h4-5,8,11-12,14-16,32H,6-7,9-10H2,1-3H3,(H,24,25,26). The summed E-state index contributed by atoms with van der Waals surface area (Å²) in [4.78, 5) is 23.4. The second-order valence-electron chi connectivity index (χ2n) is 8.34. The molecule has 2 atom stereocenters. The molecule has 1 N–H and O–H groups in total. The van der Waals surface area contributed by atoms with Crippen molar-refractivity contribution >= 4 is 30.2 Å². The molecule has 2 unspecified atom stereocenters. The van der Waals surface area contributed by atoms with Crippen LogP contribution in [0.5, 0.6) is 5.88 Å². The molecule has 2 aliphatic rings. The molecular weight excluding hydrogens is 435 g/mol. The van der Waals surface area contributed by atoms with E-state index in [0.29, 0.717) is 53.9 Å². The molecule has 2 fully saturated rings. The summed E-state index contributed by atoms with van der Waals surface area (Å²) in [6, 6.07) is 4.40. The van der Waals surface area contributed by atoms with Crippen molar-refractivity contribution in [3.63, 3.8) is 0 Å². The Bertz CT molecular complexity index is 978. The second-order valence-corrected chi connectivity index (χ2v) is 8.85. The summed E-state index contributed by atoms with van der Waals surface area (Å²) in [5.74, 6) is 0.463. The van der Waals surface area contributed by atoms with Crippen LogP contribution < -0.4 is 10.1 Å². The van der Waals surface area contributed by atoms with Gasteiger partial charge in [0, 0.05) is 17.7 Å². The van der Waals surface area contributed by atoms with Crippen LogP contribution >= 0.6 is 12.6 Å². The molecule has 2 aromatic rings. The second kappa shape index (κ2) is 9.50. The molecule has 10 heteroatoms. The number of benzene rings is 1. The maximum atomic E-state index is 14.2. The zero-order valence-corrected chi connectivity index (χ0v) is 19.1. The molecular formula is C22H27FN4O4S. The Labute approximate surface area is 191 Å². The number of hydrogen-bond donors (Lipinski definition) is 2. The van der Waals surface area contributed by atoms with Gasteiger partial charge in [-0.05, 0) is 39.0 Å². The Hall–Kier alpha value is -2.59. The lowest BCUT2D eigenvalue weighted by atomic mass is 9.92. The lowest BCUT2D eigenvalue weighted by Gasteiger charge is -2.47. The Kier molecular flexibility index (Phi) is 6.71. The van der Waals surface area contributed by atoms with Crippen LogP contribution in [0.2, 0.25) is 0 Å². The number of thiol groups is 1. The molecule has 0 radical (unpaired) electrons.